The number of nitrogens with zero attached hydrogens (tertiary/aromatic N) is 5. The molecule has 8 nitrogen and oxygen atoms in total. The molecule has 0 atom stereocenters. The summed E-state index contributed by atoms with van der Waals surface area (Å²) in [6, 6.07) is 17.9. The number of amides is 1. The van der Waals surface area contributed by atoms with E-state index in [1.807, 2.05) is 48.7 Å². The lowest BCUT2D eigenvalue weighted by Crippen LogP contribution is -2.35. The predicted molar refractivity (Wildman–Crippen MR) is 156 cm³/mol. The Morgan fingerprint density at radius 1 is 1.08 bits per heavy atom. The Labute approximate surface area is 230 Å². The van der Waals surface area contributed by atoms with Crippen LogP contribution in [0.25, 0.3) is 17.0 Å². The van der Waals surface area contributed by atoms with E-state index in [9.17, 15) is 4.79 Å². The number of aryl methyl sites for hydroxylation is 2. The maximum atomic E-state index is 13.0. The van der Waals surface area contributed by atoms with Crippen molar-refractivity contribution in [3.63, 3.8) is 0 Å². The molecule has 4 heterocycles. The molecule has 0 unspecified atom stereocenters. The molecule has 6 rings (SSSR count). The smallest absolute Gasteiger partial charge is 0.283 e. The fourth-order valence-corrected chi connectivity index (χ4v) is 5.51. The van der Waals surface area contributed by atoms with Gasteiger partial charge in [0.2, 0.25) is 5.17 Å². The lowest BCUT2D eigenvalue weighted by molar-refractivity contribution is -0.114. The zero-order chi connectivity index (χ0) is 26.9. The van der Waals surface area contributed by atoms with Gasteiger partial charge in [0.05, 0.1) is 12.2 Å². The number of amidine groups is 2. The molecular formula is C30H26N6O2S. The van der Waals surface area contributed by atoms with Crippen molar-refractivity contribution in [1.82, 2.24) is 14.6 Å². The fraction of sp³-hybridized carbons (Fsp3) is 0.167. The number of carbonyl (C=O) groups is 1. The zero-order valence-electron chi connectivity index (χ0n) is 21.6. The SMILES string of the molecule is Cc1cccc(OCCCn2cc(C=C3C(=N)N4N=C(c5cccnc5)SC4=NC3=O)c3ccccc32)c1C. The third kappa shape index (κ3) is 4.77. The first-order valence-electron chi connectivity index (χ1n) is 12.7. The molecule has 0 saturated heterocycles. The quantitative estimate of drug-likeness (QED) is 0.239. The number of thioether (sulfide) groups is 1. The van der Waals surface area contributed by atoms with Crippen LogP contribution in [-0.2, 0) is 11.3 Å². The van der Waals surface area contributed by atoms with E-state index < -0.39 is 5.91 Å². The summed E-state index contributed by atoms with van der Waals surface area (Å²) in [4.78, 5) is 21.4. The molecule has 39 heavy (non-hydrogen) atoms. The third-order valence-corrected chi connectivity index (χ3v) is 7.80. The monoisotopic (exact) mass is 534 g/mol. The number of rotatable bonds is 7. The van der Waals surface area contributed by atoms with Crippen LogP contribution in [0.2, 0.25) is 0 Å². The summed E-state index contributed by atoms with van der Waals surface area (Å²) in [7, 11) is 0. The summed E-state index contributed by atoms with van der Waals surface area (Å²) in [6.45, 7) is 5.51. The number of nitrogens with one attached hydrogen (secondary N) is 1. The van der Waals surface area contributed by atoms with Crippen LogP contribution in [0.5, 0.6) is 5.75 Å². The molecule has 0 bridgehead atoms. The van der Waals surface area contributed by atoms with Gasteiger partial charge in [0.1, 0.15) is 10.8 Å². The molecule has 1 N–H and O–H groups in total. The molecule has 4 aromatic rings. The van der Waals surface area contributed by atoms with Gasteiger partial charge in [-0.1, -0.05) is 30.3 Å². The van der Waals surface area contributed by atoms with E-state index in [2.05, 4.69) is 45.6 Å². The van der Waals surface area contributed by atoms with E-state index >= 15 is 0 Å². The van der Waals surface area contributed by atoms with Crippen LogP contribution in [0.1, 0.15) is 28.7 Å². The third-order valence-electron chi connectivity index (χ3n) is 6.84. The van der Waals surface area contributed by atoms with Gasteiger partial charge in [0.25, 0.3) is 5.91 Å². The van der Waals surface area contributed by atoms with Crippen LogP contribution >= 0.6 is 11.8 Å². The lowest BCUT2D eigenvalue weighted by atomic mass is 10.1. The minimum atomic E-state index is -0.444. The number of hydrogen-bond acceptors (Lipinski definition) is 6. The fourth-order valence-electron chi connectivity index (χ4n) is 4.63. The summed E-state index contributed by atoms with van der Waals surface area (Å²) in [5.74, 6) is 0.483. The largest absolute Gasteiger partial charge is 0.493 e. The second kappa shape index (κ2) is 10.3. The van der Waals surface area contributed by atoms with Gasteiger partial charge in [0.15, 0.2) is 5.84 Å². The number of hydrogen-bond donors (Lipinski definition) is 1. The van der Waals surface area contributed by atoms with E-state index in [4.69, 9.17) is 10.1 Å². The molecule has 2 aromatic carbocycles. The van der Waals surface area contributed by atoms with Crippen LogP contribution in [0.3, 0.4) is 0 Å². The molecule has 2 aromatic heterocycles. The van der Waals surface area contributed by atoms with Crippen molar-refractivity contribution < 1.29 is 9.53 Å². The number of benzene rings is 2. The van der Waals surface area contributed by atoms with Crippen LogP contribution in [-0.4, -0.2) is 43.1 Å². The Bertz CT molecular complexity index is 1700. The summed E-state index contributed by atoms with van der Waals surface area (Å²) < 4.78 is 8.22. The molecular weight excluding hydrogens is 508 g/mol. The highest BCUT2D eigenvalue weighted by Crippen LogP contribution is 2.32. The normalized spacial score (nSPS) is 16.1. The molecule has 9 heteroatoms. The molecule has 0 radical (unpaired) electrons. The average Bonchev–Trinajstić information content (AvgIpc) is 3.53. The highest BCUT2D eigenvalue weighted by molar-refractivity contribution is 8.27. The number of aliphatic imine (C=N–C) groups is 1. The molecule has 1 amide bonds. The summed E-state index contributed by atoms with van der Waals surface area (Å²) in [6.07, 6.45) is 7.99. The Morgan fingerprint density at radius 2 is 1.95 bits per heavy atom. The molecule has 0 aliphatic carbocycles. The van der Waals surface area contributed by atoms with Crippen LogP contribution in [0.4, 0.5) is 0 Å². The van der Waals surface area contributed by atoms with Gasteiger partial charge < -0.3 is 9.30 Å². The van der Waals surface area contributed by atoms with E-state index in [1.54, 1.807) is 18.5 Å². The van der Waals surface area contributed by atoms with Crippen molar-refractivity contribution in [2.24, 2.45) is 10.1 Å². The number of ether oxygens (including phenoxy) is 1. The van der Waals surface area contributed by atoms with Gasteiger partial charge >= 0.3 is 0 Å². The highest BCUT2D eigenvalue weighted by Gasteiger charge is 2.36. The van der Waals surface area contributed by atoms with Gasteiger partial charge in [-0.3, -0.25) is 15.2 Å². The zero-order valence-corrected chi connectivity index (χ0v) is 22.4. The summed E-state index contributed by atoms with van der Waals surface area (Å²) in [5.41, 5.74) is 5.32. The number of carbonyl (C=O) groups excluding carboxylic acids is 1. The van der Waals surface area contributed by atoms with E-state index in [1.165, 1.54) is 22.3 Å². The summed E-state index contributed by atoms with van der Waals surface area (Å²) >= 11 is 1.26. The van der Waals surface area contributed by atoms with E-state index in [-0.39, 0.29) is 11.4 Å². The number of hydrazone groups is 1. The van der Waals surface area contributed by atoms with Gasteiger partial charge in [-0.2, -0.15) is 15.1 Å². The minimum absolute atomic E-state index is 0.00939. The Morgan fingerprint density at radius 3 is 2.79 bits per heavy atom. The average molecular weight is 535 g/mol. The van der Waals surface area contributed by atoms with Crippen LogP contribution < -0.4 is 4.74 Å². The van der Waals surface area contributed by atoms with Crippen molar-refractivity contribution in [2.45, 2.75) is 26.8 Å². The molecule has 2 aliphatic rings. The van der Waals surface area contributed by atoms with Crippen LogP contribution in [0, 0.1) is 19.3 Å². The highest BCUT2D eigenvalue weighted by atomic mass is 32.2. The van der Waals surface area contributed by atoms with Crippen molar-refractivity contribution in [1.29, 1.82) is 5.41 Å². The Hall–Kier alpha value is -4.50. The predicted octanol–water partition coefficient (Wildman–Crippen LogP) is 5.79. The second-order valence-electron chi connectivity index (χ2n) is 9.36. The number of pyridine rings is 1. The van der Waals surface area contributed by atoms with Crippen molar-refractivity contribution in [2.75, 3.05) is 6.61 Å². The van der Waals surface area contributed by atoms with Crippen molar-refractivity contribution >= 4 is 50.7 Å². The van der Waals surface area contributed by atoms with Crippen molar-refractivity contribution in [3.8, 4) is 5.75 Å². The van der Waals surface area contributed by atoms with Gasteiger partial charge in [-0.05, 0) is 73.5 Å². The molecule has 0 spiro atoms. The lowest BCUT2D eigenvalue weighted by Gasteiger charge is -2.20. The second-order valence-corrected chi connectivity index (χ2v) is 10.3. The maximum Gasteiger partial charge on any atom is 0.283 e. The number of aromatic nitrogens is 2. The number of para-hydroxylation sites is 1. The molecule has 194 valence electrons. The molecule has 0 saturated carbocycles. The van der Waals surface area contributed by atoms with Crippen LogP contribution in [0.15, 0.2) is 88.9 Å². The first kappa shape index (κ1) is 24.8. The van der Waals surface area contributed by atoms with Gasteiger partial charge in [-0.25, -0.2) is 0 Å². The Kier molecular flexibility index (Phi) is 6.58. The van der Waals surface area contributed by atoms with Gasteiger partial charge in [0, 0.05) is 47.2 Å². The maximum absolute atomic E-state index is 13.0. The summed E-state index contributed by atoms with van der Waals surface area (Å²) in [5, 5.41) is 16.8. The van der Waals surface area contributed by atoms with E-state index in [0.717, 1.165) is 46.3 Å². The minimum Gasteiger partial charge on any atom is -0.493 e. The molecule has 0 fully saturated rings. The molecule has 2 aliphatic heterocycles. The Balaban J connectivity index is 1.23. The van der Waals surface area contributed by atoms with Crippen molar-refractivity contribution in [3.05, 3.63) is 101 Å². The number of fused-ring (bicyclic) bond motifs is 2. The van der Waals surface area contributed by atoms with E-state index in [0.29, 0.717) is 16.8 Å². The standard InChI is InChI=1S/C30H26N6O2S/c1-19-8-5-12-26(20(19)2)38-15-7-14-35-18-22(23-10-3-4-11-25(23)35)16-24-27(31)36-30(33-28(24)37)39-29(34-36)21-9-6-13-32-17-21/h3-6,8-13,16-18,31H,7,14-15H2,1-2H3. The topological polar surface area (TPSA) is 95.9 Å². The van der Waals surface area contributed by atoms with Gasteiger partial charge in [-0.15, -0.1) is 0 Å². The first-order chi connectivity index (χ1) is 19.0. The first-order valence-corrected chi connectivity index (χ1v) is 13.5.